The zero-order valence-electron chi connectivity index (χ0n) is 14.3. The van der Waals surface area contributed by atoms with Crippen molar-refractivity contribution in [1.82, 2.24) is 0 Å². The van der Waals surface area contributed by atoms with Crippen molar-refractivity contribution in [2.75, 3.05) is 13.7 Å². The molecule has 0 heterocycles. The smallest absolute Gasteiger partial charge is 0.185 e. The summed E-state index contributed by atoms with van der Waals surface area (Å²) in [6, 6.07) is 20.5. The second kappa shape index (κ2) is 8.00. The maximum atomic E-state index is 12.5. The number of fused-ring (bicyclic) bond motifs is 1. The highest BCUT2D eigenvalue weighted by atomic mass is 16.5. The van der Waals surface area contributed by atoms with E-state index in [0.717, 1.165) is 22.1 Å². The van der Waals surface area contributed by atoms with E-state index in [2.05, 4.69) is 0 Å². The molecule has 0 unspecified atom stereocenters. The molecule has 4 nitrogen and oxygen atoms in total. The predicted octanol–water partition coefficient (Wildman–Crippen LogP) is 4.65. The number of ketones is 1. The summed E-state index contributed by atoms with van der Waals surface area (Å²) in [6.45, 7) is -0.00598. The zero-order chi connectivity index (χ0) is 18.4. The van der Waals surface area contributed by atoms with Crippen LogP contribution in [0.25, 0.3) is 16.8 Å². The quantitative estimate of drug-likeness (QED) is 0.483. The summed E-state index contributed by atoms with van der Waals surface area (Å²) in [5, 5.41) is 10.6. The highest BCUT2D eigenvalue weighted by molar-refractivity contribution is 6.08. The number of rotatable bonds is 6. The number of ether oxygens (including phenoxy) is 2. The molecule has 26 heavy (non-hydrogen) atoms. The van der Waals surface area contributed by atoms with Gasteiger partial charge in [0.2, 0.25) is 0 Å². The highest BCUT2D eigenvalue weighted by Crippen LogP contribution is 2.22. The molecule has 0 saturated carbocycles. The summed E-state index contributed by atoms with van der Waals surface area (Å²) in [6.07, 6.45) is 3.27. The Hall–Kier alpha value is -3.58. The number of methoxy groups -OCH3 is 1. The van der Waals surface area contributed by atoms with E-state index in [9.17, 15) is 4.79 Å². The maximum Gasteiger partial charge on any atom is 0.185 e. The third kappa shape index (κ3) is 4.08. The lowest BCUT2D eigenvalue weighted by Gasteiger charge is -2.04. The van der Waals surface area contributed by atoms with E-state index in [1.807, 2.05) is 48.5 Å². The molecule has 0 spiro atoms. The van der Waals surface area contributed by atoms with Gasteiger partial charge in [0.05, 0.1) is 7.11 Å². The summed E-state index contributed by atoms with van der Waals surface area (Å²) in [7, 11) is 1.63. The van der Waals surface area contributed by atoms with E-state index in [-0.39, 0.29) is 12.4 Å². The Morgan fingerprint density at radius 3 is 2.65 bits per heavy atom. The second-order valence-corrected chi connectivity index (χ2v) is 5.64. The van der Waals surface area contributed by atoms with E-state index in [0.29, 0.717) is 11.3 Å². The highest BCUT2D eigenvalue weighted by Gasteiger charge is 2.04. The molecule has 3 aromatic carbocycles. The van der Waals surface area contributed by atoms with Crippen LogP contribution < -0.4 is 9.47 Å². The van der Waals surface area contributed by atoms with Gasteiger partial charge in [0.1, 0.15) is 17.6 Å². The number of benzene rings is 3. The Kier molecular flexibility index (Phi) is 5.31. The van der Waals surface area contributed by atoms with Crippen LogP contribution in [0.3, 0.4) is 0 Å². The molecule has 3 rings (SSSR count). The standard InChI is InChI=1S/C22H17NO3/c1-25-20-9-8-17-14-19(7-6-18(17)15-20)22(24)10-5-16-3-2-4-21(13-16)26-12-11-23/h2-10,13-15H,12H2,1H3/b10-5+. The fraction of sp³-hybridized carbons (Fsp3) is 0.0909. The lowest BCUT2D eigenvalue weighted by atomic mass is 10.0. The second-order valence-electron chi connectivity index (χ2n) is 5.64. The van der Waals surface area contributed by atoms with Gasteiger partial charge in [-0.3, -0.25) is 4.79 Å². The van der Waals surface area contributed by atoms with Crippen LogP contribution in [0, 0.1) is 11.3 Å². The van der Waals surface area contributed by atoms with Crippen molar-refractivity contribution in [1.29, 1.82) is 5.26 Å². The van der Waals surface area contributed by atoms with E-state index in [4.69, 9.17) is 14.7 Å². The third-order valence-corrected chi connectivity index (χ3v) is 3.92. The van der Waals surface area contributed by atoms with Gasteiger partial charge in [0.15, 0.2) is 12.4 Å². The summed E-state index contributed by atoms with van der Waals surface area (Å²) in [5.41, 5.74) is 1.45. The van der Waals surface area contributed by atoms with E-state index in [1.165, 1.54) is 6.08 Å². The van der Waals surface area contributed by atoms with E-state index >= 15 is 0 Å². The van der Waals surface area contributed by atoms with Crippen molar-refractivity contribution in [3.8, 4) is 17.6 Å². The van der Waals surface area contributed by atoms with Crippen molar-refractivity contribution in [2.24, 2.45) is 0 Å². The number of nitriles is 1. The SMILES string of the molecule is COc1ccc2cc(C(=O)/C=C/c3cccc(OCC#N)c3)ccc2c1. The Labute approximate surface area is 151 Å². The minimum Gasteiger partial charge on any atom is -0.497 e. The Balaban J connectivity index is 1.78. The van der Waals surface area contributed by atoms with Gasteiger partial charge >= 0.3 is 0 Å². The lowest BCUT2D eigenvalue weighted by molar-refractivity contribution is 0.104. The summed E-state index contributed by atoms with van der Waals surface area (Å²) in [5.74, 6) is 1.31. The van der Waals surface area contributed by atoms with Crippen LogP contribution in [0.5, 0.6) is 11.5 Å². The molecule has 0 atom stereocenters. The molecule has 4 heteroatoms. The fourth-order valence-electron chi connectivity index (χ4n) is 2.60. The number of hydrogen-bond donors (Lipinski definition) is 0. The molecule has 0 fully saturated rings. The molecular formula is C22H17NO3. The largest absolute Gasteiger partial charge is 0.497 e. The van der Waals surface area contributed by atoms with Gasteiger partial charge in [-0.2, -0.15) is 5.26 Å². The van der Waals surface area contributed by atoms with Crippen molar-refractivity contribution in [3.05, 3.63) is 77.9 Å². The summed E-state index contributed by atoms with van der Waals surface area (Å²) >= 11 is 0. The van der Waals surface area contributed by atoms with Gasteiger partial charge in [-0.1, -0.05) is 36.4 Å². The monoisotopic (exact) mass is 343 g/mol. The van der Waals surface area contributed by atoms with Gasteiger partial charge in [-0.25, -0.2) is 0 Å². The number of carbonyl (C=O) groups is 1. The third-order valence-electron chi connectivity index (χ3n) is 3.92. The predicted molar refractivity (Wildman–Crippen MR) is 101 cm³/mol. The van der Waals surface area contributed by atoms with Crippen molar-refractivity contribution in [3.63, 3.8) is 0 Å². The number of nitrogens with zero attached hydrogens (tertiary/aromatic N) is 1. The van der Waals surface area contributed by atoms with Crippen LogP contribution in [0.2, 0.25) is 0 Å². The van der Waals surface area contributed by atoms with Crippen LogP contribution >= 0.6 is 0 Å². The summed E-state index contributed by atoms with van der Waals surface area (Å²) < 4.78 is 10.5. The van der Waals surface area contributed by atoms with E-state index in [1.54, 1.807) is 31.4 Å². The first-order valence-electron chi connectivity index (χ1n) is 8.09. The summed E-state index contributed by atoms with van der Waals surface area (Å²) in [4.78, 5) is 12.5. The molecule has 3 aromatic rings. The topological polar surface area (TPSA) is 59.3 Å². The minimum absolute atomic E-state index is 0.00598. The molecule has 0 saturated heterocycles. The Bertz CT molecular complexity index is 1020. The van der Waals surface area contributed by atoms with Crippen molar-refractivity contribution in [2.45, 2.75) is 0 Å². The molecule has 0 aliphatic carbocycles. The van der Waals surface area contributed by atoms with Crippen LogP contribution in [-0.2, 0) is 0 Å². The molecule has 0 aliphatic rings. The normalized spacial score (nSPS) is 10.6. The Morgan fingerprint density at radius 1 is 1.04 bits per heavy atom. The van der Waals surface area contributed by atoms with Crippen LogP contribution in [0.4, 0.5) is 0 Å². The number of allylic oxidation sites excluding steroid dienone is 1. The first-order valence-corrected chi connectivity index (χ1v) is 8.09. The minimum atomic E-state index is -0.0777. The van der Waals surface area contributed by atoms with Gasteiger partial charge < -0.3 is 9.47 Å². The molecule has 0 radical (unpaired) electrons. The van der Waals surface area contributed by atoms with Gasteiger partial charge in [0, 0.05) is 5.56 Å². The molecule has 0 aromatic heterocycles. The fourth-order valence-corrected chi connectivity index (χ4v) is 2.60. The van der Waals surface area contributed by atoms with Gasteiger partial charge in [0.25, 0.3) is 0 Å². The maximum absolute atomic E-state index is 12.5. The zero-order valence-corrected chi connectivity index (χ0v) is 14.3. The van der Waals surface area contributed by atoms with Crippen LogP contribution in [0.15, 0.2) is 66.7 Å². The van der Waals surface area contributed by atoms with Crippen LogP contribution in [-0.4, -0.2) is 19.5 Å². The molecule has 0 amide bonds. The van der Waals surface area contributed by atoms with Crippen molar-refractivity contribution < 1.29 is 14.3 Å². The van der Waals surface area contributed by atoms with Crippen LogP contribution in [0.1, 0.15) is 15.9 Å². The molecule has 128 valence electrons. The van der Waals surface area contributed by atoms with Gasteiger partial charge in [-0.05, 0) is 52.7 Å². The molecule has 0 N–H and O–H groups in total. The average molecular weight is 343 g/mol. The van der Waals surface area contributed by atoms with Crippen molar-refractivity contribution >= 4 is 22.6 Å². The van der Waals surface area contributed by atoms with E-state index < -0.39 is 0 Å². The Morgan fingerprint density at radius 2 is 1.85 bits per heavy atom. The molecular weight excluding hydrogens is 326 g/mol. The number of hydrogen-bond acceptors (Lipinski definition) is 4. The average Bonchev–Trinajstić information content (AvgIpc) is 2.70. The first kappa shape index (κ1) is 17.2. The number of carbonyl (C=O) groups excluding carboxylic acids is 1. The molecule has 0 bridgehead atoms. The van der Waals surface area contributed by atoms with Gasteiger partial charge in [-0.15, -0.1) is 0 Å². The lowest BCUT2D eigenvalue weighted by Crippen LogP contribution is -1.95. The first-order chi connectivity index (χ1) is 12.7. The molecule has 0 aliphatic heterocycles.